The first-order chi connectivity index (χ1) is 27.3. The average molecular weight is 718 g/mol. The van der Waals surface area contributed by atoms with Gasteiger partial charge in [0.05, 0.1) is 16.7 Å². The number of fused-ring (bicyclic) bond motifs is 5. The third-order valence-electron chi connectivity index (χ3n) is 11.5. The third-order valence-corrected chi connectivity index (χ3v) is 12.7. The summed E-state index contributed by atoms with van der Waals surface area (Å²) in [4.78, 5) is 10.7. The van der Waals surface area contributed by atoms with Crippen LogP contribution in [0.3, 0.4) is 0 Å². The lowest BCUT2D eigenvalue weighted by atomic mass is 10.00. The summed E-state index contributed by atoms with van der Waals surface area (Å²) in [5.74, 6) is 0.671. The van der Waals surface area contributed by atoms with Crippen molar-refractivity contribution in [1.29, 1.82) is 0 Å². The van der Waals surface area contributed by atoms with E-state index in [1.807, 2.05) is 29.5 Å². The van der Waals surface area contributed by atoms with Crippen molar-refractivity contribution >= 4 is 108 Å². The summed E-state index contributed by atoms with van der Waals surface area (Å²) in [6, 6.07) is 58.9. The molecule has 0 N–H and O–H groups in total. The molecule has 254 valence electrons. The topological polar surface area (TPSA) is 43.9 Å². The maximum Gasteiger partial charge on any atom is 0.180 e. The monoisotopic (exact) mass is 717 g/mol. The first-order valence-corrected chi connectivity index (χ1v) is 19.4. The average Bonchev–Trinajstić information content (AvgIpc) is 3.74. The zero-order valence-corrected chi connectivity index (χ0v) is 30.1. The zero-order chi connectivity index (χ0) is 35.8. The van der Waals surface area contributed by atoms with Crippen LogP contribution in [0.1, 0.15) is 0 Å². The Morgan fingerprint density at radius 1 is 0.473 bits per heavy atom. The smallest absolute Gasteiger partial charge is 0.180 e. The quantitative estimate of drug-likeness (QED) is 0.183. The molecule has 0 saturated carbocycles. The van der Waals surface area contributed by atoms with Gasteiger partial charge in [0.1, 0.15) is 16.8 Å². The molecule has 0 saturated heterocycles. The van der Waals surface area contributed by atoms with Crippen LogP contribution < -0.4 is 0 Å². The second kappa shape index (κ2) is 10.8. The fourth-order valence-corrected chi connectivity index (χ4v) is 10.3. The van der Waals surface area contributed by atoms with Crippen molar-refractivity contribution in [3.8, 4) is 28.3 Å². The largest absolute Gasteiger partial charge is 0.452 e. The Bertz CT molecular complexity index is 3630. The number of hydrogen-bond acceptors (Lipinski definition) is 4. The normalized spacial score (nSPS) is 12.4. The minimum Gasteiger partial charge on any atom is -0.452 e. The van der Waals surface area contributed by atoms with Crippen LogP contribution in [0.15, 0.2) is 168 Å². The highest BCUT2D eigenvalue weighted by atomic mass is 32.1. The van der Waals surface area contributed by atoms with Crippen molar-refractivity contribution in [2.45, 2.75) is 0 Å². The fraction of sp³-hybridized carbons (Fsp3) is 0. The van der Waals surface area contributed by atoms with E-state index in [0.29, 0.717) is 11.4 Å². The predicted octanol–water partition coefficient (Wildman–Crippen LogP) is 14.1. The van der Waals surface area contributed by atoms with E-state index in [9.17, 15) is 0 Å². The maximum absolute atomic E-state index is 6.52. The summed E-state index contributed by atoms with van der Waals surface area (Å²) >= 11 is 1.89. The fourth-order valence-electron chi connectivity index (χ4n) is 9.14. The van der Waals surface area contributed by atoms with Crippen molar-refractivity contribution in [2.24, 2.45) is 0 Å². The molecule has 4 heterocycles. The third kappa shape index (κ3) is 4.00. The molecule has 0 unspecified atom stereocenters. The number of hydrogen-bond donors (Lipinski definition) is 0. The van der Waals surface area contributed by atoms with Crippen LogP contribution in [0, 0.1) is 0 Å². The van der Waals surface area contributed by atoms with E-state index in [1.165, 1.54) is 58.1 Å². The molecule has 0 aliphatic rings. The van der Waals surface area contributed by atoms with Gasteiger partial charge in [-0.3, -0.25) is 0 Å². The predicted molar refractivity (Wildman–Crippen MR) is 231 cm³/mol. The number of para-hydroxylation sites is 1. The van der Waals surface area contributed by atoms with Crippen molar-refractivity contribution in [3.63, 3.8) is 0 Å². The summed E-state index contributed by atoms with van der Waals surface area (Å²) in [5.41, 5.74) is 8.62. The van der Waals surface area contributed by atoms with Crippen LogP contribution in [0.4, 0.5) is 0 Å². The molecular formula is C50H27N3OS. The van der Waals surface area contributed by atoms with Crippen LogP contribution in [-0.4, -0.2) is 14.5 Å². The number of furan rings is 1. The van der Waals surface area contributed by atoms with Gasteiger partial charge < -0.3 is 8.98 Å². The minimum atomic E-state index is 0.671. The molecule has 0 amide bonds. The highest BCUT2D eigenvalue weighted by Crippen LogP contribution is 2.47. The molecule has 4 nitrogen and oxygen atoms in total. The summed E-state index contributed by atoms with van der Waals surface area (Å²) in [5, 5.41) is 13.4. The summed E-state index contributed by atoms with van der Waals surface area (Å²) in [7, 11) is 0. The molecule has 13 aromatic rings. The number of rotatable bonds is 3. The van der Waals surface area contributed by atoms with Crippen LogP contribution >= 0.6 is 11.3 Å². The number of benzene rings is 9. The van der Waals surface area contributed by atoms with Gasteiger partial charge in [0, 0.05) is 52.8 Å². The lowest BCUT2D eigenvalue weighted by Crippen LogP contribution is -1.99. The van der Waals surface area contributed by atoms with Gasteiger partial charge in [0.2, 0.25) is 0 Å². The first-order valence-electron chi connectivity index (χ1n) is 18.6. The summed E-state index contributed by atoms with van der Waals surface area (Å²) in [6.45, 7) is 0. The van der Waals surface area contributed by atoms with E-state index in [0.717, 1.165) is 55.2 Å². The molecule has 0 aliphatic heterocycles. The molecular weight excluding hydrogens is 691 g/mol. The van der Waals surface area contributed by atoms with Crippen molar-refractivity contribution in [1.82, 2.24) is 14.5 Å². The summed E-state index contributed by atoms with van der Waals surface area (Å²) < 4.78 is 11.6. The Morgan fingerprint density at radius 2 is 1.11 bits per heavy atom. The SMILES string of the molecule is c1ccc2cc(-c3nc(-c4ccc(-n5c6ccc7cccc8sc9cccc%10ccc5c(c%109)c6c78)c5ccccc45)nc4c3oc3ccccc34)ccc2c1. The highest BCUT2D eigenvalue weighted by molar-refractivity contribution is 7.24. The molecule has 0 bridgehead atoms. The van der Waals surface area contributed by atoms with Crippen LogP contribution in [0.5, 0.6) is 0 Å². The van der Waals surface area contributed by atoms with Gasteiger partial charge in [-0.15, -0.1) is 11.3 Å². The standard InChI is InChI=1S/C50H27N3OS/c1-2-10-31-27-32(20-19-28(31)9-1)47-49-48(36-15-5-6-16-40(36)54-49)52-50(51-47)35-23-26-37(34-14-4-3-13-33(34)35)53-38-24-21-29-11-7-17-41-43(29)45(38)46-39(53)25-22-30-12-8-18-42(55-41)44(30)46/h1-27H. The molecule has 0 fully saturated rings. The zero-order valence-electron chi connectivity index (χ0n) is 29.2. The second-order valence-electron chi connectivity index (χ2n) is 14.5. The molecule has 0 spiro atoms. The molecule has 4 aromatic heterocycles. The Balaban J connectivity index is 1.11. The van der Waals surface area contributed by atoms with E-state index in [-0.39, 0.29) is 0 Å². The van der Waals surface area contributed by atoms with E-state index < -0.39 is 0 Å². The molecule has 0 aliphatic carbocycles. The lowest BCUT2D eigenvalue weighted by Gasteiger charge is -2.15. The highest BCUT2D eigenvalue weighted by Gasteiger charge is 2.24. The van der Waals surface area contributed by atoms with Gasteiger partial charge >= 0.3 is 0 Å². The van der Waals surface area contributed by atoms with Gasteiger partial charge in [-0.2, -0.15) is 0 Å². The van der Waals surface area contributed by atoms with Gasteiger partial charge in [0.15, 0.2) is 11.4 Å². The summed E-state index contributed by atoms with van der Waals surface area (Å²) in [6.07, 6.45) is 0. The first kappa shape index (κ1) is 29.4. The van der Waals surface area contributed by atoms with Crippen molar-refractivity contribution in [3.05, 3.63) is 164 Å². The van der Waals surface area contributed by atoms with E-state index in [4.69, 9.17) is 14.4 Å². The van der Waals surface area contributed by atoms with E-state index in [2.05, 4.69) is 150 Å². The molecule has 13 rings (SSSR count). The van der Waals surface area contributed by atoms with Crippen molar-refractivity contribution < 1.29 is 4.42 Å². The minimum absolute atomic E-state index is 0.671. The molecule has 0 radical (unpaired) electrons. The van der Waals surface area contributed by atoms with E-state index >= 15 is 0 Å². The Morgan fingerprint density at radius 3 is 1.87 bits per heavy atom. The van der Waals surface area contributed by atoms with Crippen molar-refractivity contribution in [2.75, 3.05) is 0 Å². The Kier molecular flexibility index (Phi) is 5.74. The lowest BCUT2D eigenvalue weighted by molar-refractivity contribution is 0.667. The van der Waals surface area contributed by atoms with Gasteiger partial charge in [-0.05, 0) is 81.5 Å². The van der Waals surface area contributed by atoms with Crippen LogP contribution in [-0.2, 0) is 0 Å². The Hall–Kier alpha value is -7.08. The Labute approximate surface area is 317 Å². The van der Waals surface area contributed by atoms with Gasteiger partial charge in [0.25, 0.3) is 0 Å². The van der Waals surface area contributed by atoms with Crippen LogP contribution in [0.2, 0.25) is 0 Å². The molecule has 0 atom stereocenters. The van der Waals surface area contributed by atoms with Gasteiger partial charge in [-0.25, -0.2) is 9.97 Å². The maximum atomic E-state index is 6.52. The van der Waals surface area contributed by atoms with Gasteiger partial charge in [-0.1, -0.05) is 109 Å². The molecule has 5 heteroatoms. The molecule has 9 aromatic carbocycles. The van der Waals surface area contributed by atoms with E-state index in [1.54, 1.807) is 0 Å². The van der Waals surface area contributed by atoms with Crippen LogP contribution in [0.25, 0.3) is 125 Å². The molecule has 55 heavy (non-hydrogen) atoms. The second-order valence-corrected chi connectivity index (χ2v) is 15.6. The number of nitrogens with zero attached hydrogens (tertiary/aromatic N) is 3. The number of aromatic nitrogens is 3.